The molecule has 2 saturated carbocycles. The Bertz CT molecular complexity index is 1070. The Morgan fingerprint density at radius 3 is 1.31 bits per heavy atom. The Hall–Kier alpha value is -2.04. The van der Waals surface area contributed by atoms with E-state index in [2.05, 4.69) is 69.3 Å². The molecule has 276 valence electrons. The highest BCUT2D eigenvalue weighted by Gasteiger charge is 2.21. The Labute approximate surface area is 301 Å². The van der Waals surface area contributed by atoms with Crippen molar-refractivity contribution in [3.05, 3.63) is 59.7 Å². The summed E-state index contributed by atoms with van der Waals surface area (Å²) in [5.41, 5.74) is 2.33. The zero-order valence-electron chi connectivity index (χ0n) is 31.8. The van der Waals surface area contributed by atoms with Crippen molar-refractivity contribution in [1.82, 2.24) is 0 Å². The number of ether oxygens (including phenoxy) is 4. The topological polar surface area (TPSA) is 36.9 Å². The first-order chi connectivity index (χ1) is 24.1. The second kappa shape index (κ2) is 24.2. The van der Waals surface area contributed by atoms with E-state index in [9.17, 15) is 0 Å². The normalized spacial score (nSPS) is 21.8. The third-order valence-electron chi connectivity index (χ3n) is 11.4. The molecule has 2 aromatic carbocycles. The Morgan fingerprint density at radius 2 is 0.898 bits per heavy atom. The van der Waals surface area contributed by atoms with Crippen molar-refractivity contribution in [2.45, 2.75) is 169 Å². The summed E-state index contributed by atoms with van der Waals surface area (Å²) in [6.07, 6.45) is 27.8. The second-order valence-electron chi connectivity index (χ2n) is 15.7. The molecule has 2 fully saturated rings. The molecule has 2 aliphatic rings. The van der Waals surface area contributed by atoms with Crippen molar-refractivity contribution in [1.29, 1.82) is 0 Å². The third kappa shape index (κ3) is 16.7. The fourth-order valence-electron chi connectivity index (χ4n) is 8.10. The van der Waals surface area contributed by atoms with Gasteiger partial charge in [0.25, 0.3) is 0 Å². The molecule has 0 spiro atoms. The molecule has 0 radical (unpaired) electrons. The van der Waals surface area contributed by atoms with E-state index in [1.807, 2.05) is 0 Å². The average molecular weight is 677 g/mol. The van der Waals surface area contributed by atoms with E-state index >= 15 is 0 Å². The highest BCUT2D eigenvalue weighted by molar-refractivity contribution is 5.27. The minimum atomic E-state index is 0.0287. The van der Waals surface area contributed by atoms with Crippen molar-refractivity contribution < 1.29 is 18.9 Å². The van der Waals surface area contributed by atoms with Crippen molar-refractivity contribution in [2.24, 2.45) is 23.7 Å². The minimum Gasteiger partial charge on any atom is -0.494 e. The SMILES string of the molecule is CCCCCC1CCC(CCCOc2ccc(COC[C@@H](C)OCc3ccc(OCCCC4CCC(CCCCC)CC4)cc3)cc2)CC1. The maximum absolute atomic E-state index is 6.06. The van der Waals surface area contributed by atoms with Gasteiger partial charge < -0.3 is 18.9 Å². The summed E-state index contributed by atoms with van der Waals surface area (Å²) in [5.74, 6) is 5.75. The Morgan fingerprint density at radius 1 is 0.510 bits per heavy atom. The minimum absolute atomic E-state index is 0.0287. The van der Waals surface area contributed by atoms with Gasteiger partial charge in [-0.25, -0.2) is 0 Å². The van der Waals surface area contributed by atoms with Crippen LogP contribution in [-0.4, -0.2) is 25.9 Å². The summed E-state index contributed by atoms with van der Waals surface area (Å²) >= 11 is 0. The summed E-state index contributed by atoms with van der Waals surface area (Å²) in [6, 6.07) is 16.8. The molecule has 4 heteroatoms. The molecule has 0 bridgehead atoms. The predicted octanol–water partition coefficient (Wildman–Crippen LogP) is 12.9. The van der Waals surface area contributed by atoms with E-state index in [1.54, 1.807) is 0 Å². The van der Waals surface area contributed by atoms with E-state index in [0.29, 0.717) is 19.8 Å². The predicted molar refractivity (Wildman–Crippen MR) is 205 cm³/mol. The smallest absolute Gasteiger partial charge is 0.119 e. The van der Waals surface area contributed by atoms with Gasteiger partial charge in [0.15, 0.2) is 0 Å². The van der Waals surface area contributed by atoms with Crippen molar-refractivity contribution in [3.8, 4) is 11.5 Å². The van der Waals surface area contributed by atoms with Gasteiger partial charge in [0, 0.05) is 0 Å². The van der Waals surface area contributed by atoms with E-state index in [4.69, 9.17) is 18.9 Å². The monoisotopic (exact) mass is 677 g/mol. The molecular weight excluding hydrogens is 604 g/mol. The summed E-state index contributed by atoms with van der Waals surface area (Å²) in [7, 11) is 0. The summed E-state index contributed by atoms with van der Waals surface area (Å²) in [5, 5.41) is 0. The maximum Gasteiger partial charge on any atom is 0.119 e. The molecule has 49 heavy (non-hydrogen) atoms. The summed E-state index contributed by atoms with van der Waals surface area (Å²) in [4.78, 5) is 0. The van der Waals surface area contributed by atoms with Gasteiger partial charge in [-0.05, 0) is 91.7 Å². The summed E-state index contributed by atoms with van der Waals surface area (Å²) in [6.45, 7) is 10.1. The lowest BCUT2D eigenvalue weighted by Gasteiger charge is -2.28. The zero-order valence-corrected chi connectivity index (χ0v) is 31.8. The van der Waals surface area contributed by atoms with Crippen molar-refractivity contribution >= 4 is 0 Å². The van der Waals surface area contributed by atoms with Crippen LogP contribution in [0.1, 0.15) is 160 Å². The quantitative estimate of drug-likeness (QED) is 0.0981. The molecule has 0 aliphatic heterocycles. The molecule has 0 heterocycles. The van der Waals surface area contributed by atoms with Crippen molar-refractivity contribution in [2.75, 3.05) is 19.8 Å². The van der Waals surface area contributed by atoms with Crippen LogP contribution in [0.3, 0.4) is 0 Å². The Kier molecular flexibility index (Phi) is 19.6. The third-order valence-corrected chi connectivity index (χ3v) is 11.4. The number of unbranched alkanes of at least 4 members (excludes halogenated alkanes) is 4. The van der Waals surface area contributed by atoms with Crippen molar-refractivity contribution in [3.63, 3.8) is 0 Å². The highest BCUT2D eigenvalue weighted by Crippen LogP contribution is 2.35. The van der Waals surface area contributed by atoms with Gasteiger partial charge in [-0.2, -0.15) is 0 Å². The average Bonchev–Trinajstić information content (AvgIpc) is 3.13. The molecule has 0 unspecified atom stereocenters. The van der Waals surface area contributed by atoms with Gasteiger partial charge in [-0.1, -0.05) is 141 Å². The maximum atomic E-state index is 6.06. The molecule has 4 nitrogen and oxygen atoms in total. The van der Waals surface area contributed by atoms with Crippen LogP contribution >= 0.6 is 0 Å². The molecule has 2 aliphatic carbocycles. The lowest BCUT2D eigenvalue weighted by molar-refractivity contribution is -0.0198. The van der Waals surface area contributed by atoms with Gasteiger partial charge in [0.05, 0.1) is 39.1 Å². The van der Waals surface area contributed by atoms with Gasteiger partial charge in [-0.3, -0.25) is 0 Å². The number of hydrogen-bond acceptors (Lipinski definition) is 4. The Balaban J connectivity index is 0.977. The molecule has 0 amide bonds. The van der Waals surface area contributed by atoms with E-state index in [0.717, 1.165) is 72.4 Å². The van der Waals surface area contributed by atoms with Gasteiger partial charge in [0.1, 0.15) is 11.5 Å². The highest BCUT2D eigenvalue weighted by atomic mass is 16.5. The largest absolute Gasteiger partial charge is 0.494 e. The fourth-order valence-corrected chi connectivity index (χ4v) is 8.10. The van der Waals surface area contributed by atoms with Gasteiger partial charge in [0.2, 0.25) is 0 Å². The van der Waals surface area contributed by atoms with Crippen LogP contribution in [0.4, 0.5) is 0 Å². The van der Waals surface area contributed by atoms with Crippen LogP contribution < -0.4 is 9.47 Å². The lowest BCUT2D eigenvalue weighted by atomic mass is 9.78. The lowest BCUT2D eigenvalue weighted by Crippen LogP contribution is -2.16. The fraction of sp³-hybridized carbons (Fsp3) is 0.733. The van der Waals surface area contributed by atoms with Crippen LogP contribution in [0.25, 0.3) is 0 Å². The molecule has 0 N–H and O–H groups in total. The van der Waals surface area contributed by atoms with Gasteiger partial charge >= 0.3 is 0 Å². The van der Waals surface area contributed by atoms with Crippen LogP contribution in [0.5, 0.6) is 11.5 Å². The van der Waals surface area contributed by atoms with E-state index in [-0.39, 0.29) is 6.10 Å². The molecular formula is C45H72O4. The van der Waals surface area contributed by atoms with E-state index < -0.39 is 0 Å². The first-order valence-corrected chi connectivity index (χ1v) is 20.7. The molecule has 0 saturated heterocycles. The molecule has 0 aromatic heterocycles. The number of rotatable bonds is 25. The van der Waals surface area contributed by atoms with E-state index in [1.165, 1.54) is 116 Å². The van der Waals surface area contributed by atoms with Crippen LogP contribution in [0.2, 0.25) is 0 Å². The number of benzene rings is 2. The van der Waals surface area contributed by atoms with Gasteiger partial charge in [-0.15, -0.1) is 0 Å². The van der Waals surface area contributed by atoms with Crippen LogP contribution in [0, 0.1) is 23.7 Å². The van der Waals surface area contributed by atoms with Crippen LogP contribution in [0.15, 0.2) is 48.5 Å². The molecule has 4 rings (SSSR count). The first kappa shape index (κ1) is 39.7. The number of hydrogen-bond donors (Lipinski definition) is 0. The molecule has 1 atom stereocenters. The first-order valence-electron chi connectivity index (χ1n) is 20.7. The second-order valence-corrected chi connectivity index (χ2v) is 15.7. The van der Waals surface area contributed by atoms with Crippen LogP contribution in [-0.2, 0) is 22.7 Å². The summed E-state index contributed by atoms with van der Waals surface area (Å²) < 4.78 is 24.1. The molecule has 2 aromatic rings. The zero-order chi connectivity index (χ0) is 34.4. The standard InChI is InChI=1S/C45H72O4/c1-4-6-8-12-38-16-20-40(21-17-38)14-10-32-47-44-28-24-42(25-29-44)35-46-34-37(3)49-36-43-26-30-45(31-27-43)48-33-11-15-41-22-18-39(19-23-41)13-9-7-5-2/h24-31,37-41H,4-23,32-36H2,1-3H3/t37-,38?,39?,40?,41?/m1/s1.